The van der Waals surface area contributed by atoms with Gasteiger partial charge in [0.25, 0.3) is 0 Å². The number of piperidine rings is 1. The number of carbonyl (C=O) groups excluding carboxylic acids is 1. The van der Waals surface area contributed by atoms with Crippen LogP contribution in [0.5, 0.6) is 5.75 Å². The van der Waals surface area contributed by atoms with Gasteiger partial charge in [-0.1, -0.05) is 6.42 Å². The highest BCUT2D eigenvalue weighted by molar-refractivity contribution is 5.89. The first-order valence-corrected chi connectivity index (χ1v) is 7.17. The average molecular weight is 277 g/mol. The number of nitrogens with zero attached hydrogens (tertiary/aromatic N) is 1. The van der Waals surface area contributed by atoms with E-state index in [2.05, 4.69) is 23.6 Å². The molecule has 1 saturated heterocycles. The number of carbonyl (C=O) groups is 1. The molecule has 20 heavy (non-hydrogen) atoms. The van der Waals surface area contributed by atoms with Gasteiger partial charge in [0.2, 0.25) is 0 Å². The summed E-state index contributed by atoms with van der Waals surface area (Å²) in [5.74, 6) is 0.473. The first-order valence-electron chi connectivity index (χ1n) is 7.17. The minimum Gasteiger partial charge on any atom is -0.489 e. The van der Waals surface area contributed by atoms with E-state index in [1.807, 2.05) is 12.1 Å². The van der Waals surface area contributed by atoms with Gasteiger partial charge in [-0.25, -0.2) is 4.79 Å². The van der Waals surface area contributed by atoms with Crippen LogP contribution in [0.1, 0.15) is 36.5 Å². The molecule has 0 radical (unpaired) electrons. The predicted molar refractivity (Wildman–Crippen MR) is 78.1 cm³/mol. The number of ether oxygens (including phenoxy) is 2. The maximum atomic E-state index is 11.4. The van der Waals surface area contributed by atoms with Crippen molar-refractivity contribution in [2.75, 3.05) is 20.7 Å². The number of esters is 1. The van der Waals surface area contributed by atoms with Crippen LogP contribution in [0, 0.1) is 0 Å². The fraction of sp³-hybridized carbons (Fsp3) is 0.562. The minimum atomic E-state index is -0.323. The summed E-state index contributed by atoms with van der Waals surface area (Å²) in [7, 11) is 3.54. The second-order valence-electron chi connectivity index (χ2n) is 5.38. The van der Waals surface area contributed by atoms with Crippen LogP contribution in [0.3, 0.4) is 0 Å². The van der Waals surface area contributed by atoms with Gasteiger partial charge in [0, 0.05) is 6.04 Å². The Morgan fingerprint density at radius 2 is 2.00 bits per heavy atom. The molecule has 2 rings (SSSR count). The Hall–Kier alpha value is -1.55. The molecule has 110 valence electrons. The van der Waals surface area contributed by atoms with Crippen LogP contribution in [0.15, 0.2) is 24.3 Å². The summed E-state index contributed by atoms with van der Waals surface area (Å²) < 4.78 is 10.7. The molecule has 2 atom stereocenters. The summed E-state index contributed by atoms with van der Waals surface area (Å²) in [5.41, 5.74) is 0.544. The number of rotatable bonds is 4. The molecule has 0 aliphatic carbocycles. The maximum Gasteiger partial charge on any atom is 0.337 e. The molecule has 0 amide bonds. The molecule has 1 aromatic carbocycles. The molecule has 2 unspecified atom stereocenters. The number of likely N-dealkylation sites (N-methyl/N-ethyl adjacent to an activating group) is 1. The topological polar surface area (TPSA) is 38.8 Å². The molecule has 4 heteroatoms. The molecule has 0 spiro atoms. The number of hydrogen-bond donors (Lipinski definition) is 0. The SMILES string of the molecule is COC(=O)c1ccc(OC(C)C2CCCCN2C)cc1. The third kappa shape index (κ3) is 3.51. The second kappa shape index (κ2) is 6.75. The fourth-order valence-electron chi connectivity index (χ4n) is 2.77. The van der Waals surface area contributed by atoms with Gasteiger partial charge in [0.05, 0.1) is 12.7 Å². The van der Waals surface area contributed by atoms with Gasteiger partial charge >= 0.3 is 5.97 Å². The van der Waals surface area contributed by atoms with Crippen LogP contribution in [-0.2, 0) is 4.74 Å². The van der Waals surface area contributed by atoms with Crippen LogP contribution >= 0.6 is 0 Å². The number of methoxy groups -OCH3 is 1. The summed E-state index contributed by atoms with van der Waals surface area (Å²) in [6.07, 6.45) is 3.86. The van der Waals surface area contributed by atoms with E-state index >= 15 is 0 Å². The van der Waals surface area contributed by atoms with Crippen molar-refractivity contribution >= 4 is 5.97 Å². The summed E-state index contributed by atoms with van der Waals surface area (Å²) in [5, 5.41) is 0. The molecule has 1 fully saturated rings. The van der Waals surface area contributed by atoms with E-state index in [4.69, 9.17) is 4.74 Å². The Morgan fingerprint density at radius 1 is 1.30 bits per heavy atom. The quantitative estimate of drug-likeness (QED) is 0.793. The Bertz CT molecular complexity index is 444. The Morgan fingerprint density at radius 3 is 2.60 bits per heavy atom. The van der Waals surface area contributed by atoms with Crippen molar-refractivity contribution in [1.29, 1.82) is 0 Å². The van der Waals surface area contributed by atoms with Gasteiger partial charge in [-0.15, -0.1) is 0 Å². The monoisotopic (exact) mass is 277 g/mol. The van der Waals surface area contributed by atoms with Gasteiger partial charge in [-0.3, -0.25) is 4.90 Å². The molecule has 0 saturated carbocycles. The third-order valence-electron chi connectivity index (χ3n) is 3.97. The van der Waals surface area contributed by atoms with Crippen molar-refractivity contribution in [2.24, 2.45) is 0 Å². The highest BCUT2D eigenvalue weighted by Gasteiger charge is 2.25. The molecule has 4 nitrogen and oxygen atoms in total. The highest BCUT2D eigenvalue weighted by atomic mass is 16.5. The summed E-state index contributed by atoms with van der Waals surface area (Å²) in [6.45, 7) is 3.25. The second-order valence-corrected chi connectivity index (χ2v) is 5.38. The Labute approximate surface area is 120 Å². The lowest BCUT2D eigenvalue weighted by Crippen LogP contribution is -2.45. The van der Waals surface area contributed by atoms with Crippen molar-refractivity contribution in [3.63, 3.8) is 0 Å². The van der Waals surface area contributed by atoms with Crippen LogP contribution in [-0.4, -0.2) is 43.7 Å². The molecule has 1 aromatic rings. The van der Waals surface area contributed by atoms with Crippen molar-refractivity contribution in [2.45, 2.75) is 38.3 Å². The minimum absolute atomic E-state index is 0.143. The third-order valence-corrected chi connectivity index (χ3v) is 3.97. The van der Waals surface area contributed by atoms with E-state index in [0.717, 1.165) is 12.3 Å². The normalized spacial score (nSPS) is 21.2. The first kappa shape index (κ1) is 14.9. The largest absolute Gasteiger partial charge is 0.489 e. The van der Waals surface area contributed by atoms with E-state index in [0.29, 0.717) is 11.6 Å². The Balaban J connectivity index is 1.97. The first-order chi connectivity index (χ1) is 9.61. The average Bonchev–Trinajstić information content (AvgIpc) is 2.47. The van der Waals surface area contributed by atoms with Crippen LogP contribution in [0.4, 0.5) is 0 Å². The van der Waals surface area contributed by atoms with Crippen LogP contribution in [0.25, 0.3) is 0 Å². The van der Waals surface area contributed by atoms with Gasteiger partial charge < -0.3 is 9.47 Å². The summed E-state index contributed by atoms with van der Waals surface area (Å²) in [4.78, 5) is 13.7. The molecule has 1 heterocycles. The zero-order valence-corrected chi connectivity index (χ0v) is 12.5. The summed E-state index contributed by atoms with van der Waals surface area (Å²) >= 11 is 0. The fourth-order valence-corrected chi connectivity index (χ4v) is 2.77. The standard InChI is InChI=1S/C16H23NO3/c1-12(15-6-4-5-11-17(15)2)20-14-9-7-13(8-10-14)16(18)19-3/h7-10,12,15H,4-6,11H2,1-3H3. The van der Waals surface area contributed by atoms with Gasteiger partial charge in [0.1, 0.15) is 11.9 Å². The van der Waals surface area contributed by atoms with Gasteiger partial charge in [0.15, 0.2) is 0 Å². The van der Waals surface area contributed by atoms with Crippen molar-refractivity contribution in [3.8, 4) is 5.75 Å². The Kier molecular flexibility index (Phi) is 5.01. The number of hydrogen-bond acceptors (Lipinski definition) is 4. The molecular formula is C16H23NO3. The predicted octanol–water partition coefficient (Wildman–Crippen LogP) is 2.72. The molecule has 1 aliphatic rings. The van der Waals surface area contributed by atoms with Crippen molar-refractivity contribution in [1.82, 2.24) is 4.90 Å². The lowest BCUT2D eigenvalue weighted by molar-refractivity contribution is 0.0600. The van der Waals surface area contributed by atoms with E-state index in [9.17, 15) is 4.79 Å². The summed E-state index contributed by atoms with van der Waals surface area (Å²) in [6, 6.07) is 7.58. The smallest absolute Gasteiger partial charge is 0.337 e. The van der Waals surface area contributed by atoms with Crippen molar-refractivity contribution in [3.05, 3.63) is 29.8 Å². The zero-order valence-electron chi connectivity index (χ0n) is 12.5. The number of likely N-dealkylation sites (tertiary alicyclic amines) is 1. The number of benzene rings is 1. The van der Waals surface area contributed by atoms with Crippen LogP contribution < -0.4 is 4.74 Å². The van der Waals surface area contributed by atoms with Gasteiger partial charge in [-0.2, -0.15) is 0 Å². The maximum absolute atomic E-state index is 11.4. The van der Waals surface area contributed by atoms with Crippen molar-refractivity contribution < 1.29 is 14.3 Å². The molecule has 0 N–H and O–H groups in total. The highest BCUT2D eigenvalue weighted by Crippen LogP contribution is 2.22. The van der Waals surface area contributed by atoms with Crippen LogP contribution in [0.2, 0.25) is 0 Å². The van der Waals surface area contributed by atoms with E-state index in [1.165, 1.54) is 26.4 Å². The molecule has 1 aliphatic heterocycles. The van der Waals surface area contributed by atoms with E-state index in [-0.39, 0.29) is 12.1 Å². The molecule has 0 aromatic heterocycles. The van der Waals surface area contributed by atoms with E-state index in [1.54, 1.807) is 12.1 Å². The van der Waals surface area contributed by atoms with E-state index < -0.39 is 0 Å². The molecular weight excluding hydrogens is 254 g/mol. The van der Waals surface area contributed by atoms with Gasteiger partial charge in [-0.05, 0) is 57.6 Å². The lowest BCUT2D eigenvalue weighted by atomic mass is 9.99. The lowest BCUT2D eigenvalue weighted by Gasteiger charge is -2.36. The zero-order chi connectivity index (χ0) is 14.5. The molecule has 0 bridgehead atoms.